The van der Waals surface area contributed by atoms with E-state index in [9.17, 15) is 0 Å². The zero-order valence-corrected chi connectivity index (χ0v) is 6.95. The summed E-state index contributed by atoms with van der Waals surface area (Å²) >= 11 is 9.36. The first-order valence-electron chi connectivity index (χ1n) is 2.92. The van der Waals surface area contributed by atoms with E-state index in [1.807, 2.05) is 0 Å². The molecule has 0 aliphatic heterocycles. The molecule has 0 nitrogen and oxygen atoms in total. The lowest BCUT2D eigenvalue weighted by atomic mass is 10.0. The fourth-order valence-electron chi connectivity index (χ4n) is 0.897. The van der Waals surface area contributed by atoms with Crippen LogP contribution in [0.15, 0.2) is 0 Å². The van der Waals surface area contributed by atoms with Gasteiger partial charge in [0.15, 0.2) is 0 Å². The van der Waals surface area contributed by atoms with Crippen molar-refractivity contribution in [3.05, 3.63) is 6.42 Å². The van der Waals surface area contributed by atoms with Gasteiger partial charge in [-0.25, -0.2) is 0 Å². The molecule has 0 N–H and O–H groups in total. The van der Waals surface area contributed by atoms with Crippen LogP contribution in [0.2, 0.25) is 0 Å². The van der Waals surface area contributed by atoms with Crippen LogP contribution in [0.5, 0.6) is 0 Å². The highest BCUT2D eigenvalue weighted by atomic mass is 79.9. The lowest BCUT2D eigenvalue weighted by Crippen LogP contribution is -2.19. The Morgan fingerprint density at radius 1 is 1.62 bits per heavy atom. The Morgan fingerprint density at radius 2 is 2.38 bits per heavy atom. The molecule has 47 valence electrons. The van der Waals surface area contributed by atoms with Crippen LogP contribution >= 0.6 is 27.5 Å². The van der Waals surface area contributed by atoms with Gasteiger partial charge in [-0.15, -0.1) is 11.6 Å². The summed E-state index contributed by atoms with van der Waals surface area (Å²) in [4.78, 5) is 0.456. The van der Waals surface area contributed by atoms with E-state index < -0.39 is 0 Å². The van der Waals surface area contributed by atoms with E-state index in [1.165, 1.54) is 12.8 Å². The average molecular weight is 196 g/mol. The van der Waals surface area contributed by atoms with Gasteiger partial charge in [0, 0.05) is 10.2 Å². The SMILES string of the molecule is ClC1CCC[CH]C1Br. The minimum absolute atomic E-state index is 0.337. The third-order valence-corrected chi connectivity index (χ3v) is 3.23. The Kier molecular flexibility index (Phi) is 2.64. The summed E-state index contributed by atoms with van der Waals surface area (Å²) in [6.07, 6.45) is 5.88. The Morgan fingerprint density at radius 3 is 2.75 bits per heavy atom. The quantitative estimate of drug-likeness (QED) is 0.523. The summed E-state index contributed by atoms with van der Waals surface area (Å²) < 4.78 is 0. The number of halogens is 2. The van der Waals surface area contributed by atoms with Gasteiger partial charge in [0.1, 0.15) is 0 Å². The highest BCUT2D eigenvalue weighted by Crippen LogP contribution is 2.27. The molecule has 1 aliphatic rings. The topological polar surface area (TPSA) is 0 Å². The van der Waals surface area contributed by atoms with Gasteiger partial charge in [0.05, 0.1) is 0 Å². The molecule has 1 fully saturated rings. The second-order valence-corrected chi connectivity index (χ2v) is 3.74. The third-order valence-electron chi connectivity index (χ3n) is 1.42. The molecule has 1 aliphatic carbocycles. The fourth-order valence-corrected chi connectivity index (χ4v) is 1.68. The second-order valence-electron chi connectivity index (χ2n) is 2.13. The van der Waals surface area contributed by atoms with Gasteiger partial charge in [-0.3, -0.25) is 0 Å². The Labute approximate surface area is 63.7 Å². The Bertz CT molecular complexity index is 64.9. The van der Waals surface area contributed by atoms with E-state index in [2.05, 4.69) is 22.4 Å². The summed E-state index contributed by atoms with van der Waals surface area (Å²) in [6, 6.07) is 0. The van der Waals surface area contributed by atoms with E-state index in [0.29, 0.717) is 10.2 Å². The molecule has 1 rings (SSSR count). The Balaban J connectivity index is 2.28. The van der Waals surface area contributed by atoms with Gasteiger partial charge in [0.2, 0.25) is 0 Å². The van der Waals surface area contributed by atoms with Crippen LogP contribution in [0.3, 0.4) is 0 Å². The van der Waals surface area contributed by atoms with E-state index in [0.717, 1.165) is 6.42 Å². The molecule has 2 unspecified atom stereocenters. The smallest absolute Gasteiger partial charge is 0.0463 e. The second kappa shape index (κ2) is 3.07. The first-order valence-corrected chi connectivity index (χ1v) is 4.27. The molecule has 0 bridgehead atoms. The molecule has 8 heavy (non-hydrogen) atoms. The largest absolute Gasteiger partial charge is 0.122 e. The van der Waals surface area contributed by atoms with E-state index in [4.69, 9.17) is 11.6 Å². The fraction of sp³-hybridized carbons (Fsp3) is 0.833. The molecule has 2 atom stereocenters. The predicted octanol–water partition coefficient (Wildman–Crippen LogP) is 2.75. The Hall–Kier alpha value is 0.770. The number of hydrogen-bond acceptors (Lipinski definition) is 0. The van der Waals surface area contributed by atoms with E-state index >= 15 is 0 Å². The van der Waals surface area contributed by atoms with Crippen molar-refractivity contribution in [1.82, 2.24) is 0 Å². The third kappa shape index (κ3) is 1.63. The van der Waals surface area contributed by atoms with Crippen molar-refractivity contribution in [1.29, 1.82) is 0 Å². The monoisotopic (exact) mass is 195 g/mol. The van der Waals surface area contributed by atoms with Crippen LogP contribution in [0.1, 0.15) is 19.3 Å². The first-order chi connectivity index (χ1) is 3.80. The van der Waals surface area contributed by atoms with Gasteiger partial charge in [-0.2, -0.15) is 0 Å². The molecular weight excluding hydrogens is 187 g/mol. The highest BCUT2D eigenvalue weighted by molar-refractivity contribution is 9.09. The molecule has 0 aromatic heterocycles. The molecule has 0 saturated heterocycles. The molecule has 0 spiro atoms. The highest BCUT2D eigenvalue weighted by Gasteiger charge is 2.19. The minimum Gasteiger partial charge on any atom is -0.122 e. The molecule has 0 amide bonds. The average Bonchev–Trinajstić information content (AvgIpc) is 1.77. The number of rotatable bonds is 0. The summed E-state index contributed by atoms with van der Waals surface area (Å²) in [5.74, 6) is 0. The normalized spacial score (nSPS) is 39.8. The van der Waals surface area contributed by atoms with Crippen molar-refractivity contribution in [3.63, 3.8) is 0 Å². The van der Waals surface area contributed by atoms with Crippen LogP contribution in [-0.2, 0) is 0 Å². The molecular formula is C6H9BrCl. The van der Waals surface area contributed by atoms with Gasteiger partial charge in [0.25, 0.3) is 0 Å². The maximum atomic E-state index is 5.89. The van der Waals surface area contributed by atoms with Gasteiger partial charge in [-0.05, 0) is 19.3 Å². The van der Waals surface area contributed by atoms with Crippen LogP contribution < -0.4 is 0 Å². The van der Waals surface area contributed by atoms with Crippen molar-refractivity contribution < 1.29 is 0 Å². The summed E-state index contributed by atoms with van der Waals surface area (Å²) in [5.41, 5.74) is 0. The van der Waals surface area contributed by atoms with Crippen LogP contribution in [0.4, 0.5) is 0 Å². The standard InChI is InChI=1S/C6H9BrCl/c7-5-3-1-2-4-6(5)8/h3,5-6H,1-2,4H2. The van der Waals surface area contributed by atoms with Crippen molar-refractivity contribution in [2.75, 3.05) is 0 Å². The molecule has 2 heteroatoms. The zero-order chi connectivity index (χ0) is 5.98. The van der Waals surface area contributed by atoms with Crippen LogP contribution in [0.25, 0.3) is 0 Å². The van der Waals surface area contributed by atoms with Crippen molar-refractivity contribution in [2.24, 2.45) is 0 Å². The molecule has 0 aromatic rings. The van der Waals surface area contributed by atoms with Crippen molar-refractivity contribution in [2.45, 2.75) is 29.5 Å². The zero-order valence-electron chi connectivity index (χ0n) is 4.61. The molecule has 1 saturated carbocycles. The lowest BCUT2D eigenvalue weighted by molar-refractivity contribution is 0.615. The summed E-state index contributed by atoms with van der Waals surface area (Å²) in [5, 5.41) is 0.337. The summed E-state index contributed by atoms with van der Waals surface area (Å²) in [7, 11) is 0. The maximum Gasteiger partial charge on any atom is 0.0463 e. The van der Waals surface area contributed by atoms with Crippen LogP contribution in [-0.4, -0.2) is 10.2 Å². The maximum absolute atomic E-state index is 5.89. The number of hydrogen-bond donors (Lipinski definition) is 0. The van der Waals surface area contributed by atoms with E-state index in [-0.39, 0.29) is 0 Å². The molecule has 0 aromatic carbocycles. The number of alkyl halides is 2. The summed E-state index contributed by atoms with van der Waals surface area (Å²) in [6.45, 7) is 0. The van der Waals surface area contributed by atoms with Crippen LogP contribution in [0, 0.1) is 6.42 Å². The van der Waals surface area contributed by atoms with Gasteiger partial charge in [-0.1, -0.05) is 22.4 Å². The predicted molar refractivity (Wildman–Crippen MR) is 40.5 cm³/mol. The van der Waals surface area contributed by atoms with Gasteiger partial charge < -0.3 is 0 Å². The minimum atomic E-state index is 0.337. The van der Waals surface area contributed by atoms with Crippen molar-refractivity contribution >= 4 is 27.5 Å². The van der Waals surface area contributed by atoms with Gasteiger partial charge >= 0.3 is 0 Å². The lowest BCUT2D eigenvalue weighted by Gasteiger charge is -2.20. The van der Waals surface area contributed by atoms with E-state index in [1.54, 1.807) is 0 Å². The first kappa shape index (κ1) is 6.88. The molecule has 1 radical (unpaired) electrons. The molecule has 0 heterocycles. The van der Waals surface area contributed by atoms with Crippen molar-refractivity contribution in [3.8, 4) is 0 Å².